The van der Waals surface area contributed by atoms with E-state index in [0.717, 1.165) is 80.9 Å². The number of H-pyrrole nitrogens is 2. The first-order chi connectivity index (χ1) is 29.0. The normalized spacial score (nSPS) is 19.0. The predicted molar refractivity (Wildman–Crippen MR) is 234 cm³/mol. The summed E-state index contributed by atoms with van der Waals surface area (Å²) in [7, 11) is 5.22. The molecular weight excluding hydrogens is 753 g/mol. The van der Waals surface area contributed by atoms with Gasteiger partial charge >= 0.3 is 6.09 Å². The highest BCUT2D eigenvalue weighted by Crippen LogP contribution is 2.38. The van der Waals surface area contributed by atoms with Gasteiger partial charge in [0.2, 0.25) is 11.8 Å². The van der Waals surface area contributed by atoms with Crippen molar-refractivity contribution in [3.8, 4) is 33.6 Å². The number of carbonyl (C=O) groups excluding carboxylic acids is 3. The quantitative estimate of drug-likeness (QED) is 0.119. The number of methoxy groups -OCH3 is 1. The van der Waals surface area contributed by atoms with E-state index >= 15 is 0 Å². The van der Waals surface area contributed by atoms with E-state index in [1.165, 1.54) is 7.11 Å². The van der Waals surface area contributed by atoms with Crippen molar-refractivity contribution in [1.82, 2.24) is 40.0 Å². The summed E-state index contributed by atoms with van der Waals surface area (Å²) in [6, 6.07) is 30.0. The number of fused-ring (bicyclic) bond motifs is 1. The Balaban J connectivity index is 0.952. The van der Waals surface area contributed by atoms with Crippen molar-refractivity contribution in [3.05, 3.63) is 121 Å². The van der Waals surface area contributed by atoms with Gasteiger partial charge in [0.05, 0.1) is 43.0 Å². The summed E-state index contributed by atoms with van der Waals surface area (Å²) in [5.41, 5.74) is 7.05. The Morgan fingerprint density at radius 3 is 2.02 bits per heavy atom. The van der Waals surface area contributed by atoms with Crippen LogP contribution in [0, 0.1) is 11.8 Å². The van der Waals surface area contributed by atoms with Crippen LogP contribution in [-0.2, 0) is 14.3 Å². The van der Waals surface area contributed by atoms with Crippen molar-refractivity contribution >= 4 is 28.7 Å². The summed E-state index contributed by atoms with van der Waals surface area (Å²) >= 11 is 0. The molecule has 0 aliphatic carbocycles. The molecule has 60 heavy (non-hydrogen) atoms. The number of imidazole rings is 2. The lowest BCUT2D eigenvalue weighted by Gasteiger charge is -2.31. The Morgan fingerprint density at radius 2 is 1.37 bits per heavy atom. The predicted octanol–water partition coefficient (Wildman–Crippen LogP) is 8.54. The molecule has 4 heterocycles. The Labute approximate surface area is 351 Å². The summed E-state index contributed by atoms with van der Waals surface area (Å²) in [6.45, 7) is 7.32. The second-order valence-electron chi connectivity index (χ2n) is 16.9. The lowest BCUT2D eigenvalue weighted by molar-refractivity contribution is -0.137. The minimum Gasteiger partial charge on any atom is -0.453 e. The van der Waals surface area contributed by atoms with E-state index in [0.29, 0.717) is 19.0 Å². The smallest absolute Gasteiger partial charge is 0.407 e. The van der Waals surface area contributed by atoms with Gasteiger partial charge in [-0.05, 0) is 90.4 Å². The fourth-order valence-electron chi connectivity index (χ4n) is 8.94. The number of likely N-dealkylation sites (N-methyl/N-ethyl adjacent to an activating group) is 1. The fraction of sp³-hybridized carbons (Fsp3) is 0.354. The van der Waals surface area contributed by atoms with E-state index < -0.39 is 12.1 Å². The first-order valence-electron chi connectivity index (χ1n) is 20.9. The lowest BCUT2D eigenvalue weighted by Crippen LogP contribution is -2.51. The van der Waals surface area contributed by atoms with Crippen LogP contribution in [0.25, 0.3) is 44.4 Å². The minimum absolute atomic E-state index is 0.0962. The maximum Gasteiger partial charge on any atom is 0.407 e. The highest BCUT2D eigenvalue weighted by atomic mass is 16.5. The molecule has 2 aliphatic heterocycles. The minimum atomic E-state index is -0.680. The van der Waals surface area contributed by atoms with Gasteiger partial charge in [-0.3, -0.25) is 14.5 Å². The van der Waals surface area contributed by atoms with Gasteiger partial charge in [0, 0.05) is 18.7 Å². The number of carbonyl (C=O) groups is 3. The number of hydrogen-bond donors (Lipinski definition) is 3. The Kier molecular flexibility index (Phi) is 11.6. The van der Waals surface area contributed by atoms with E-state index in [4.69, 9.17) is 14.7 Å². The molecule has 3 amide bonds. The molecule has 0 bridgehead atoms. The lowest BCUT2D eigenvalue weighted by atomic mass is 9.98. The number of alkyl carbamates (subject to hydrolysis) is 1. The third-order valence-corrected chi connectivity index (χ3v) is 12.1. The van der Waals surface area contributed by atoms with E-state index in [1.54, 1.807) is 0 Å². The van der Waals surface area contributed by atoms with E-state index in [-0.39, 0.29) is 35.9 Å². The third-order valence-electron chi connectivity index (χ3n) is 12.1. The molecule has 0 spiro atoms. The number of benzene rings is 4. The second-order valence-corrected chi connectivity index (χ2v) is 16.9. The number of amides is 3. The summed E-state index contributed by atoms with van der Waals surface area (Å²) in [6.07, 6.45) is 5.60. The largest absolute Gasteiger partial charge is 0.453 e. The first-order valence-corrected chi connectivity index (χ1v) is 20.9. The van der Waals surface area contributed by atoms with Gasteiger partial charge < -0.3 is 29.8 Å². The van der Waals surface area contributed by atoms with Gasteiger partial charge in [-0.2, -0.15) is 0 Å². The molecule has 12 heteroatoms. The summed E-state index contributed by atoms with van der Waals surface area (Å²) in [5, 5.41) is 4.96. The third kappa shape index (κ3) is 8.16. The zero-order chi connectivity index (χ0) is 42.1. The van der Waals surface area contributed by atoms with Crippen LogP contribution in [0.2, 0.25) is 0 Å². The summed E-state index contributed by atoms with van der Waals surface area (Å²) in [4.78, 5) is 62.1. The number of ether oxygens (including phenoxy) is 1. The van der Waals surface area contributed by atoms with Crippen LogP contribution in [0.15, 0.2) is 103 Å². The molecule has 2 fully saturated rings. The maximum atomic E-state index is 14.1. The topological polar surface area (TPSA) is 140 Å². The van der Waals surface area contributed by atoms with Crippen molar-refractivity contribution < 1.29 is 19.1 Å². The number of hydrogen-bond acceptors (Lipinski definition) is 7. The number of aromatic amines is 2. The molecule has 0 saturated carbocycles. The van der Waals surface area contributed by atoms with Crippen molar-refractivity contribution in [2.45, 2.75) is 64.2 Å². The molecule has 2 aliphatic rings. The fourth-order valence-corrected chi connectivity index (χ4v) is 8.94. The van der Waals surface area contributed by atoms with Crippen molar-refractivity contribution in [2.75, 3.05) is 34.3 Å². The molecule has 0 unspecified atom stereocenters. The summed E-state index contributed by atoms with van der Waals surface area (Å²) < 4.78 is 4.77. The molecule has 2 aromatic heterocycles. The standard InChI is InChI=1S/C48H54N8O4/c1-29(2)42(53-48(59)60-6)46(57)55-22-10-13-40(55)44-49-26-38(51-44)32-16-14-31(15-17-32)34-18-19-36-25-37(21-20-35(36)24-34)39-27-50-45(52-39)41-23-30(3)28-56(41)47(58)43(54(4)5)33-11-8-7-9-12-33/h7-9,11-12,14-21,24-27,29-30,40-43H,10,13,22-23,28H2,1-6H3,(H,49,51)(H,50,52)(H,53,59)/t30-,40-,41-,42-,43+/m0/s1. The molecule has 0 radical (unpaired) electrons. The summed E-state index contributed by atoms with van der Waals surface area (Å²) in [5.74, 6) is 1.79. The number of likely N-dealkylation sites (tertiary alicyclic amines) is 2. The zero-order valence-corrected chi connectivity index (χ0v) is 35.2. The van der Waals surface area contributed by atoms with Crippen molar-refractivity contribution in [3.63, 3.8) is 0 Å². The molecule has 5 atom stereocenters. The van der Waals surface area contributed by atoms with E-state index in [9.17, 15) is 14.4 Å². The van der Waals surface area contributed by atoms with Gasteiger partial charge in [-0.1, -0.05) is 99.6 Å². The molecule has 2 saturated heterocycles. The number of nitrogens with one attached hydrogen (secondary N) is 3. The van der Waals surface area contributed by atoms with E-state index in [1.807, 2.05) is 85.4 Å². The van der Waals surface area contributed by atoms with Gasteiger partial charge in [0.1, 0.15) is 23.7 Å². The van der Waals surface area contributed by atoms with Crippen LogP contribution in [0.1, 0.15) is 75.4 Å². The Morgan fingerprint density at radius 1 is 0.767 bits per heavy atom. The molecule has 310 valence electrons. The zero-order valence-electron chi connectivity index (χ0n) is 35.2. The van der Waals surface area contributed by atoms with Crippen LogP contribution < -0.4 is 5.32 Å². The number of aromatic nitrogens is 4. The highest BCUT2D eigenvalue weighted by molar-refractivity contribution is 5.91. The van der Waals surface area contributed by atoms with Gasteiger partial charge in [-0.25, -0.2) is 14.8 Å². The van der Waals surface area contributed by atoms with Crippen LogP contribution in [-0.4, -0.2) is 92.9 Å². The number of nitrogens with zero attached hydrogens (tertiary/aromatic N) is 5. The monoisotopic (exact) mass is 806 g/mol. The molecule has 8 rings (SSSR count). The number of rotatable bonds is 11. The van der Waals surface area contributed by atoms with Gasteiger partial charge in [0.25, 0.3) is 0 Å². The molecule has 6 aromatic rings. The van der Waals surface area contributed by atoms with Crippen LogP contribution >= 0.6 is 0 Å². The first kappa shape index (κ1) is 40.5. The Bertz CT molecular complexity index is 2480. The van der Waals surface area contributed by atoms with Gasteiger partial charge in [0.15, 0.2) is 0 Å². The average molecular weight is 807 g/mol. The SMILES string of the molecule is COC(=O)N[C@H](C(=O)N1CCC[C@H]1c1ncc(-c2ccc(-c3ccc4cc(-c5cnc([C@@H]6C[C@H](C)CN6C(=O)[C@@H](c6ccccc6)N(C)C)[nH]5)ccc4c3)cc2)[nH]1)C(C)C. The molecule has 3 N–H and O–H groups in total. The van der Waals surface area contributed by atoms with Crippen LogP contribution in [0.3, 0.4) is 0 Å². The van der Waals surface area contributed by atoms with Crippen LogP contribution in [0.5, 0.6) is 0 Å². The maximum absolute atomic E-state index is 14.1. The Hall–Kier alpha value is -6.27. The molecule has 4 aromatic carbocycles. The van der Waals surface area contributed by atoms with Crippen LogP contribution in [0.4, 0.5) is 4.79 Å². The average Bonchev–Trinajstić information content (AvgIpc) is 4.09. The second kappa shape index (κ2) is 17.1. The van der Waals surface area contributed by atoms with Crippen molar-refractivity contribution in [2.24, 2.45) is 11.8 Å². The molecule has 12 nitrogen and oxygen atoms in total. The van der Waals surface area contributed by atoms with E-state index in [2.05, 4.69) is 82.9 Å². The van der Waals surface area contributed by atoms with Crippen molar-refractivity contribution in [1.29, 1.82) is 0 Å². The highest BCUT2D eigenvalue weighted by Gasteiger charge is 2.40. The molecular formula is C48H54N8O4. The van der Waals surface area contributed by atoms with Gasteiger partial charge in [-0.15, -0.1) is 0 Å².